The molecule has 0 bridgehead atoms. The van der Waals surface area contributed by atoms with Gasteiger partial charge in [-0.1, -0.05) is 0 Å². The van der Waals surface area contributed by atoms with Crippen LogP contribution >= 0.6 is 0 Å². The molecule has 3 nitrogen and oxygen atoms in total. The van der Waals surface area contributed by atoms with Crippen LogP contribution in [0.1, 0.15) is 0 Å². The molecule has 8 heavy (non-hydrogen) atoms. The number of nitrogens with two attached hydrogens (primary N) is 2. The standard InChI is InChI=1S/C5H15N3/c1-8(4-2-6)5-3-7/h2-7H2,1H3/q+1. The van der Waals surface area contributed by atoms with Gasteiger partial charge in [0.2, 0.25) is 0 Å². The Labute approximate surface area is 50.6 Å². The Kier molecular flexibility index (Phi) is 4.95. The van der Waals surface area contributed by atoms with Crippen LogP contribution in [-0.2, 0) is 0 Å². The van der Waals surface area contributed by atoms with Gasteiger partial charge in [0.1, 0.15) is 20.1 Å². The van der Waals surface area contributed by atoms with Gasteiger partial charge in [-0.2, -0.15) is 4.90 Å². The quantitative estimate of drug-likeness (QED) is 0.448. The summed E-state index contributed by atoms with van der Waals surface area (Å²) in [7, 11) is 2.01. The monoisotopic (exact) mass is 117 g/mol. The van der Waals surface area contributed by atoms with E-state index in [0.717, 1.165) is 26.2 Å². The van der Waals surface area contributed by atoms with Gasteiger partial charge in [-0.15, -0.1) is 0 Å². The van der Waals surface area contributed by atoms with Crippen molar-refractivity contribution in [3.05, 3.63) is 0 Å². The zero-order chi connectivity index (χ0) is 6.41. The fourth-order valence-electron chi connectivity index (χ4n) is 0.553. The van der Waals surface area contributed by atoms with Crippen molar-refractivity contribution in [1.82, 2.24) is 4.90 Å². The maximum absolute atomic E-state index is 5.28. The van der Waals surface area contributed by atoms with Gasteiger partial charge < -0.3 is 11.5 Å². The predicted molar refractivity (Wildman–Crippen MR) is 35.9 cm³/mol. The average Bonchev–Trinajstić information content (AvgIpc) is 1.68. The van der Waals surface area contributed by atoms with Crippen molar-refractivity contribution in [3.63, 3.8) is 0 Å². The highest BCUT2D eigenvalue weighted by Gasteiger charge is 2.01. The van der Waals surface area contributed by atoms with Crippen LogP contribution in [0.5, 0.6) is 0 Å². The van der Waals surface area contributed by atoms with Gasteiger partial charge in [0, 0.05) is 13.1 Å². The molecular formula is C5H15N3+. The molecule has 0 unspecified atom stereocenters. The molecule has 0 aliphatic carbocycles. The van der Waals surface area contributed by atoms with Gasteiger partial charge >= 0.3 is 0 Å². The Bertz CT molecular complexity index is 40.9. The van der Waals surface area contributed by atoms with Crippen molar-refractivity contribution in [2.45, 2.75) is 0 Å². The maximum Gasteiger partial charge on any atom is 0.134 e. The number of nitrogens with zero attached hydrogens (tertiary/aromatic N) is 1. The molecule has 0 saturated heterocycles. The van der Waals surface area contributed by atoms with E-state index in [4.69, 9.17) is 11.5 Å². The lowest BCUT2D eigenvalue weighted by Crippen LogP contribution is -2.35. The minimum absolute atomic E-state index is 0.719. The SMILES string of the molecule is C[N+](CCN)CCN. The van der Waals surface area contributed by atoms with Gasteiger partial charge in [-0.25, -0.2) is 0 Å². The van der Waals surface area contributed by atoms with Crippen molar-refractivity contribution in [2.75, 3.05) is 33.2 Å². The Hall–Kier alpha value is -0.120. The molecule has 4 N–H and O–H groups in total. The summed E-state index contributed by atoms with van der Waals surface area (Å²) in [5.41, 5.74) is 10.6. The summed E-state index contributed by atoms with van der Waals surface area (Å²) in [6.07, 6.45) is 0. The highest BCUT2D eigenvalue weighted by atomic mass is 15.1. The minimum Gasteiger partial charge on any atom is -0.325 e. The molecule has 0 aliphatic heterocycles. The second kappa shape index (κ2) is 5.03. The van der Waals surface area contributed by atoms with E-state index in [1.807, 2.05) is 7.05 Å². The highest BCUT2D eigenvalue weighted by molar-refractivity contribution is 4.56. The molecule has 0 rings (SSSR count). The van der Waals surface area contributed by atoms with Crippen molar-refractivity contribution < 1.29 is 0 Å². The molecule has 0 aromatic rings. The van der Waals surface area contributed by atoms with Crippen molar-refractivity contribution in [3.8, 4) is 0 Å². The second-order valence-electron chi connectivity index (χ2n) is 1.88. The first-order valence-electron chi connectivity index (χ1n) is 2.90. The van der Waals surface area contributed by atoms with Gasteiger partial charge in [-0.3, -0.25) is 0 Å². The normalized spacial score (nSPS) is 10.5. The summed E-state index contributed by atoms with van der Waals surface area (Å²) < 4.78 is 0. The van der Waals surface area contributed by atoms with Crippen LogP contribution in [0, 0.1) is 0 Å². The third kappa shape index (κ3) is 4.05. The fourth-order valence-corrected chi connectivity index (χ4v) is 0.553. The molecule has 0 saturated carbocycles. The highest BCUT2D eigenvalue weighted by Crippen LogP contribution is 1.69. The van der Waals surface area contributed by atoms with Gasteiger partial charge in [0.15, 0.2) is 0 Å². The van der Waals surface area contributed by atoms with E-state index >= 15 is 0 Å². The lowest BCUT2D eigenvalue weighted by atomic mass is 10.5. The molecule has 0 heterocycles. The van der Waals surface area contributed by atoms with E-state index in [1.165, 1.54) is 0 Å². The minimum atomic E-state index is 0.719. The molecule has 0 aromatic carbocycles. The smallest absolute Gasteiger partial charge is 0.134 e. The summed E-state index contributed by atoms with van der Waals surface area (Å²) in [6, 6.07) is 0. The largest absolute Gasteiger partial charge is 0.325 e. The number of likely N-dealkylation sites (N-methyl/N-ethyl adjacent to an activating group) is 1. The zero-order valence-electron chi connectivity index (χ0n) is 5.43. The topological polar surface area (TPSA) is 57.9 Å². The van der Waals surface area contributed by atoms with Crippen molar-refractivity contribution >= 4 is 0 Å². The second-order valence-corrected chi connectivity index (χ2v) is 1.88. The van der Waals surface area contributed by atoms with E-state index in [9.17, 15) is 0 Å². The molecule has 0 aromatic heterocycles. The van der Waals surface area contributed by atoms with E-state index in [2.05, 4.69) is 4.90 Å². The van der Waals surface area contributed by atoms with Gasteiger partial charge in [0.25, 0.3) is 0 Å². The molecule has 0 atom stereocenters. The lowest BCUT2D eigenvalue weighted by molar-refractivity contribution is 0.494. The Morgan fingerprint density at radius 1 is 1.12 bits per heavy atom. The van der Waals surface area contributed by atoms with Gasteiger partial charge in [0.05, 0.1) is 0 Å². The Morgan fingerprint density at radius 3 is 1.75 bits per heavy atom. The molecule has 3 heteroatoms. The first-order chi connectivity index (χ1) is 3.81. The number of hydrogen-bond donors (Lipinski definition) is 2. The maximum atomic E-state index is 5.28. The van der Waals surface area contributed by atoms with Crippen LogP contribution in [0.3, 0.4) is 0 Å². The summed E-state index contributed by atoms with van der Waals surface area (Å²) >= 11 is 0. The van der Waals surface area contributed by atoms with Crippen LogP contribution in [0.25, 0.3) is 0 Å². The molecule has 49 valence electrons. The number of hydrogen-bond acceptors (Lipinski definition) is 3. The summed E-state index contributed by atoms with van der Waals surface area (Å²) in [6.45, 7) is 3.32. The molecule has 0 spiro atoms. The van der Waals surface area contributed by atoms with Crippen molar-refractivity contribution in [2.24, 2.45) is 11.5 Å². The first-order valence-corrected chi connectivity index (χ1v) is 2.90. The summed E-state index contributed by atoms with van der Waals surface area (Å²) in [5.74, 6) is 0. The van der Waals surface area contributed by atoms with E-state index < -0.39 is 0 Å². The molecule has 0 fully saturated rings. The fraction of sp³-hybridized carbons (Fsp3) is 1.00. The molecule has 0 amide bonds. The third-order valence-electron chi connectivity index (χ3n) is 1.02. The lowest BCUT2D eigenvalue weighted by Gasteiger charge is -2.01. The van der Waals surface area contributed by atoms with E-state index in [0.29, 0.717) is 0 Å². The van der Waals surface area contributed by atoms with Crippen LogP contribution < -0.4 is 16.4 Å². The van der Waals surface area contributed by atoms with Crippen LogP contribution in [0.2, 0.25) is 0 Å². The molecule has 0 aliphatic rings. The predicted octanol–water partition coefficient (Wildman–Crippen LogP) is -1.33. The van der Waals surface area contributed by atoms with E-state index in [-0.39, 0.29) is 0 Å². The Morgan fingerprint density at radius 2 is 1.50 bits per heavy atom. The average molecular weight is 117 g/mol. The number of rotatable bonds is 4. The molecule has 1 radical (unpaired) electrons. The Balaban J connectivity index is 2.92. The zero-order valence-corrected chi connectivity index (χ0v) is 5.43. The summed E-state index contributed by atoms with van der Waals surface area (Å²) in [4.78, 5) is 2.11. The van der Waals surface area contributed by atoms with Crippen LogP contribution in [0.15, 0.2) is 0 Å². The molecular weight excluding hydrogens is 102 g/mol. The summed E-state index contributed by atoms with van der Waals surface area (Å²) in [5, 5.41) is 0. The van der Waals surface area contributed by atoms with Crippen LogP contribution in [-0.4, -0.2) is 33.2 Å². The van der Waals surface area contributed by atoms with Gasteiger partial charge in [-0.05, 0) is 0 Å². The van der Waals surface area contributed by atoms with Crippen molar-refractivity contribution in [1.29, 1.82) is 0 Å². The van der Waals surface area contributed by atoms with Crippen LogP contribution in [0.4, 0.5) is 0 Å². The first kappa shape index (κ1) is 7.88. The van der Waals surface area contributed by atoms with E-state index in [1.54, 1.807) is 0 Å². The third-order valence-corrected chi connectivity index (χ3v) is 1.02.